The summed E-state index contributed by atoms with van der Waals surface area (Å²) in [5, 5.41) is 0. The third-order valence-corrected chi connectivity index (χ3v) is 9.22. The average molecular weight is 699 g/mol. The van der Waals surface area contributed by atoms with Crippen LogP contribution in [0.5, 0.6) is 0 Å². The molecule has 260 valence electrons. The van der Waals surface area contributed by atoms with Gasteiger partial charge in [-0.1, -0.05) is 147 Å². The van der Waals surface area contributed by atoms with Crippen molar-refractivity contribution in [2.24, 2.45) is 0 Å². The minimum Gasteiger partial charge on any atom is -0.311 e. The van der Waals surface area contributed by atoms with Crippen LogP contribution in [0.25, 0.3) is 22.3 Å². The van der Waals surface area contributed by atoms with Crippen molar-refractivity contribution in [2.75, 3.05) is 9.80 Å². The molecule has 0 saturated carbocycles. The molecule has 0 N–H and O–H groups in total. The zero-order valence-corrected chi connectivity index (χ0v) is 29.8. The van der Waals surface area contributed by atoms with Gasteiger partial charge in [-0.3, -0.25) is 9.59 Å². The van der Waals surface area contributed by atoms with Gasteiger partial charge in [0.25, 0.3) is 0 Å². The topological polar surface area (TPSA) is 40.6 Å². The van der Waals surface area contributed by atoms with Crippen molar-refractivity contribution in [2.45, 2.75) is 0 Å². The number of hydrogen-bond donors (Lipinski definition) is 0. The van der Waals surface area contributed by atoms with Gasteiger partial charge < -0.3 is 9.80 Å². The van der Waals surface area contributed by atoms with E-state index in [1.165, 1.54) is 0 Å². The second kappa shape index (κ2) is 16.4. The smallest absolute Gasteiger partial charge is 0.233 e. The third kappa shape index (κ3) is 7.64. The van der Waals surface area contributed by atoms with Gasteiger partial charge in [0.1, 0.15) is 0 Å². The second-order valence-electron chi connectivity index (χ2n) is 12.6. The van der Waals surface area contributed by atoms with Crippen LogP contribution in [0.2, 0.25) is 0 Å². The molecule has 0 aromatic heterocycles. The molecule has 0 radical (unpaired) electrons. The van der Waals surface area contributed by atoms with Crippen LogP contribution in [0, 0.1) is 0 Å². The highest BCUT2D eigenvalue weighted by Gasteiger charge is 2.19. The summed E-state index contributed by atoms with van der Waals surface area (Å²) in [5.74, 6) is -1.08. The van der Waals surface area contributed by atoms with Gasteiger partial charge in [0.2, 0.25) is 11.6 Å². The molecule has 0 saturated heterocycles. The number of carbonyl (C=O) groups excluding carboxylic acids is 2. The van der Waals surface area contributed by atoms with Crippen LogP contribution in [-0.4, -0.2) is 11.6 Å². The fourth-order valence-corrected chi connectivity index (χ4v) is 6.48. The highest BCUT2D eigenvalue weighted by atomic mass is 16.2. The van der Waals surface area contributed by atoms with Crippen LogP contribution in [0.4, 0.5) is 28.4 Å². The summed E-state index contributed by atoms with van der Waals surface area (Å²) in [6.45, 7) is 7.86. The lowest BCUT2D eigenvalue weighted by Crippen LogP contribution is -2.14. The van der Waals surface area contributed by atoms with E-state index in [0.29, 0.717) is 11.1 Å². The van der Waals surface area contributed by atoms with Crippen LogP contribution in [0.3, 0.4) is 0 Å². The Kier molecular flexibility index (Phi) is 10.6. The lowest BCUT2D eigenvalue weighted by Gasteiger charge is -2.26. The molecule has 0 aliphatic heterocycles. The normalized spacial score (nSPS) is 11.0. The minimum absolute atomic E-state index is 0.349. The average Bonchev–Trinajstić information content (AvgIpc) is 3.25. The molecule has 0 atom stereocenters. The molecule has 4 nitrogen and oxygen atoms in total. The molecular formula is C50H38N2O2. The Morgan fingerprint density at radius 1 is 0.389 bits per heavy atom. The van der Waals surface area contributed by atoms with E-state index in [1.54, 1.807) is 36.4 Å². The van der Waals surface area contributed by atoms with E-state index in [1.807, 2.05) is 121 Å². The van der Waals surface area contributed by atoms with Crippen molar-refractivity contribution < 1.29 is 9.59 Å². The molecule has 0 fully saturated rings. The Balaban J connectivity index is 1.04. The predicted octanol–water partition coefficient (Wildman–Crippen LogP) is 12.9. The molecule has 0 aliphatic carbocycles. The molecule has 0 spiro atoms. The maximum atomic E-state index is 13.3. The molecular weight excluding hydrogens is 661 g/mol. The molecule has 0 aliphatic rings. The van der Waals surface area contributed by atoms with Gasteiger partial charge in [0.05, 0.1) is 0 Å². The molecule has 0 amide bonds. The van der Waals surface area contributed by atoms with Crippen LogP contribution >= 0.6 is 0 Å². The fourth-order valence-electron chi connectivity index (χ4n) is 6.48. The number of anilines is 5. The van der Waals surface area contributed by atoms with E-state index >= 15 is 0 Å². The summed E-state index contributed by atoms with van der Waals surface area (Å²) < 4.78 is 0. The van der Waals surface area contributed by atoms with Crippen molar-refractivity contribution in [3.8, 4) is 22.3 Å². The zero-order chi connectivity index (χ0) is 37.3. The van der Waals surface area contributed by atoms with Gasteiger partial charge in [-0.15, -0.1) is 0 Å². The quantitative estimate of drug-likeness (QED) is 0.0683. The number of para-hydroxylation sites is 3. The highest BCUT2D eigenvalue weighted by molar-refractivity contribution is 6.49. The van der Waals surface area contributed by atoms with Crippen LogP contribution in [0.15, 0.2) is 225 Å². The molecule has 0 heterocycles. The number of nitrogens with zero attached hydrogens (tertiary/aromatic N) is 2. The van der Waals surface area contributed by atoms with Crippen LogP contribution in [-0.2, 0) is 0 Å². The van der Waals surface area contributed by atoms with Gasteiger partial charge in [-0.25, -0.2) is 0 Å². The van der Waals surface area contributed by atoms with Gasteiger partial charge >= 0.3 is 0 Å². The molecule has 0 bridgehead atoms. The molecule has 7 rings (SSSR count). The first-order valence-electron chi connectivity index (χ1n) is 17.7. The monoisotopic (exact) mass is 698 g/mol. The SMILES string of the molecule is C=C/C=C(\C=C)N(c1ccccc1)c1ccc(-c2ccc(C(=O)C(=O)c3ccc(-c4ccc(N(c5ccccc5)c5ccccc5)cc4)cc3)cc2)cc1. The van der Waals surface area contributed by atoms with E-state index < -0.39 is 11.6 Å². The first-order chi connectivity index (χ1) is 26.5. The Hall–Kier alpha value is -7.30. The van der Waals surface area contributed by atoms with E-state index in [-0.39, 0.29) is 0 Å². The van der Waals surface area contributed by atoms with Crippen LogP contribution in [0.1, 0.15) is 20.7 Å². The van der Waals surface area contributed by atoms with Crippen molar-refractivity contribution in [1.82, 2.24) is 0 Å². The number of hydrogen-bond acceptors (Lipinski definition) is 4. The lowest BCUT2D eigenvalue weighted by molar-refractivity contribution is 0.0817. The summed E-state index contributed by atoms with van der Waals surface area (Å²) in [5.41, 5.74) is 10.6. The van der Waals surface area contributed by atoms with Crippen molar-refractivity contribution in [3.05, 3.63) is 236 Å². The summed E-state index contributed by atoms with van der Waals surface area (Å²) in [6, 6.07) is 61.5. The first-order valence-corrected chi connectivity index (χ1v) is 17.7. The van der Waals surface area contributed by atoms with Gasteiger partial charge in [-0.2, -0.15) is 0 Å². The van der Waals surface area contributed by atoms with Crippen molar-refractivity contribution in [3.63, 3.8) is 0 Å². The fraction of sp³-hybridized carbons (Fsp3) is 0. The molecule has 7 aromatic carbocycles. The van der Waals surface area contributed by atoms with Gasteiger partial charge in [0, 0.05) is 45.3 Å². The van der Waals surface area contributed by atoms with Gasteiger partial charge in [0.15, 0.2) is 0 Å². The number of benzene rings is 7. The van der Waals surface area contributed by atoms with E-state index in [0.717, 1.165) is 56.4 Å². The maximum Gasteiger partial charge on any atom is 0.233 e. The lowest BCUT2D eigenvalue weighted by atomic mass is 9.97. The maximum absolute atomic E-state index is 13.3. The number of rotatable bonds is 13. The van der Waals surface area contributed by atoms with Crippen molar-refractivity contribution >= 4 is 40.0 Å². The summed E-state index contributed by atoms with van der Waals surface area (Å²) >= 11 is 0. The molecule has 4 heteroatoms. The zero-order valence-electron chi connectivity index (χ0n) is 29.8. The Labute approximate surface area is 316 Å². The molecule has 0 unspecified atom stereocenters. The van der Waals surface area contributed by atoms with E-state index in [9.17, 15) is 9.59 Å². The Morgan fingerprint density at radius 3 is 1.07 bits per heavy atom. The van der Waals surface area contributed by atoms with E-state index in [2.05, 4.69) is 71.5 Å². The number of allylic oxidation sites excluding steroid dienone is 3. The molecule has 54 heavy (non-hydrogen) atoms. The van der Waals surface area contributed by atoms with Gasteiger partial charge in [-0.05, 0) is 95.1 Å². The number of carbonyl (C=O) groups is 2. The van der Waals surface area contributed by atoms with E-state index in [4.69, 9.17) is 0 Å². The summed E-state index contributed by atoms with van der Waals surface area (Å²) in [7, 11) is 0. The second-order valence-corrected chi connectivity index (χ2v) is 12.6. The Morgan fingerprint density at radius 2 is 0.704 bits per heavy atom. The predicted molar refractivity (Wildman–Crippen MR) is 224 cm³/mol. The Bertz CT molecular complexity index is 2360. The number of ketones is 2. The largest absolute Gasteiger partial charge is 0.311 e. The standard InChI is InChI=1S/C50H38N2O2/c1-3-14-43(4-2)51(44-15-8-5-9-16-44)47-33-29-39(30-34-47)37-21-25-41(26-22-37)49(53)50(54)42-27-23-38(24-28-42)40-31-35-48(36-32-40)52(45-17-10-6-11-18-45)46-19-12-7-13-20-46/h3-36H,1-2H2/b43-14+. The van der Waals surface area contributed by atoms with Crippen molar-refractivity contribution in [1.29, 1.82) is 0 Å². The number of Topliss-reactive ketones (excluding diaryl/α,β-unsaturated/α-hetero) is 2. The first kappa shape index (κ1) is 35.1. The highest BCUT2D eigenvalue weighted by Crippen LogP contribution is 2.36. The summed E-state index contributed by atoms with van der Waals surface area (Å²) in [6.07, 6.45) is 5.47. The minimum atomic E-state index is -0.541. The van der Waals surface area contributed by atoms with Crippen LogP contribution < -0.4 is 9.80 Å². The third-order valence-electron chi connectivity index (χ3n) is 9.22. The molecule has 7 aromatic rings. The summed E-state index contributed by atoms with van der Waals surface area (Å²) in [4.78, 5) is 30.9.